The Kier molecular flexibility index (Phi) is 7.06. The highest BCUT2D eigenvalue weighted by atomic mass is 35.5. The van der Waals surface area contributed by atoms with Gasteiger partial charge in [0.1, 0.15) is 18.4 Å². The number of nitriles is 2. The van der Waals surface area contributed by atoms with Crippen LogP contribution in [0.1, 0.15) is 17.2 Å². The Bertz CT molecular complexity index is 1680. The first-order chi connectivity index (χ1) is 18.9. The molecule has 0 unspecified atom stereocenters. The first kappa shape index (κ1) is 25.6. The van der Waals surface area contributed by atoms with E-state index >= 15 is 0 Å². The fourth-order valence-electron chi connectivity index (χ4n) is 4.04. The summed E-state index contributed by atoms with van der Waals surface area (Å²) in [5, 5.41) is 27.2. The van der Waals surface area contributed by atoms with Crippen molar-refractivity contribution in [1.82, 2.24) is 25.9 Å². The van der Waals surface area contributed by atoms with Gasteiger partial charge in [0.2, 0.25) is 5.95 Å². The molecule has 3 heterocycles. The maximum absolute atomic E-state index is 13.8. The number of fused-ring (bicyclic) bond motifs is 1. The average Bonchev–Trinajstić information content (AvgIpc) is 3.39. The molecule has 4 aromatic rings. The first-order valence-corrected chi connectivity index (χ1v) is 11.7. The molecule has 0 radical (unpaired) electrons. The van der Waals surface area contributed by atoms with Crippen LogP contribution in [0.15, 0.2) is 66.8 Å². The highest BCUT2D eigenvalue weighted by Crippen LogP contribution is 2.37. The molecule has 5 rings (SSSR count). The highest BCUT2D eigenvalue weighted by molar-refractivity contribution is 6.36. The topological polar surface area (TPSA) is 125 Å². The van der Waals surface area contributed by atoms with Crippen molar-refractivity contribution in [3.63, 3.8) is 0 Å². The monoisotopic (exact) mass is 547 g/mol. The van der Waals surface area contributed by atoms with E-state index in [1.807, 2.05) is 12.1 Å². The summed E-state index contributed by atoms with van der Waals surface area (Å²) < 4.78 is 40.9. The van der Waals surface area contributed by atoms with Gasteiger partial charge in [-0.15, -0.1) is 5.53 Å². The molecule has 1 atom stereocenters. The molecule has 0 fully saturated rings. The summed E-state index contributed by atoms with van der Waals surface area (Å²) in [5.41, 5.74) is 8.57. The molecule has 1 aliphatic heterocycles. The number of anilines is 3. The minimum Gasteiger partial charge on any atom is -0.373 e. The highest BCUT2D eigenvalue weighted by Gasteiger charge is 2.23. The number of aromatic nitrogens is 2. The molecule has 13 heteroatoms. The van der Waals surface area contributed by atoms with E-state index in [0.717, 1.165) is 12.3 Å². The van der Waals surface area contributed by atoms with Gasteiger partial charge in [0, 0.05) is 29.5 Å². The summed E-state index contributed by atoms with van der Waals surface area (Å²) in [6.07, 6.45) is 4.12. The lowest BCUT2D eigenvalue weighted by molar-refractivity contribution is 0.300. The lowest BCUT2D eigenvalue weighted by Crippen LogP contribution is -2.37. The van der Waals surface area contributed by atoms with Gasteiger partial charge in [-0.25, -0.2) is 13.8 Å². The summed E-state index contributed by atoms with van der Waals surface area (Å²) in [7, 11) is 0. The van der Waals surface area contributed by atoms with Crippen LogP contribution in [0.2, 0.25) is 5.02 Å². The predicted molar refractivity (Wildman–Crippen MR) is 138 cm³/mol. The van der Waals surface area contributed by atoms with E-state index in [9.17, 15) is 18.4 Å². The summed E-state index contributed by atoms with van der Waals surface area (Å²) in [4.78, 5) is 7.67. The van der Waals surface area contributed by atoms with E-state index in [1.54, 1.807) is 35.5 Å². The molecule has 0 spiro atoms. The van der Waals surface area contributed by atoms with Crippen LogP contribution >= 0.6 is 11.6 Å². The molecule has 39 heavy (non-hydrogen) atoms. The van der Waals surface area contributed by atoms with Crippen LogP contribution in [0.25, 0.3) is 10.9 Å². The average molecular weight is 548 g/mol. The van der Waals surface area contributed by atoms with Crippen LogP contribution in [0, 0.1) is 40.2 Å². The molecule has 0 bridgehead atoms. The lowest BCUT2D eigenvalue weighted by Gasteiger charge is -2.22. The van der Waals surface area contributed by atoms with Gasteiger partial charge in [-0.2, -0.15) is 14.9 Å². The normalized spacial score (nSPS) is 13.3. The van der Waals surface area contributed by atoms with E-state index < -0.39 is 23.6 Å². The minimum atomic E-state index is -1.25. The van der Waals surface area contributed by atoms with Crippen molar-refractivity contribution in [3.05, 3.63) is 100 Å². The first-order valence-electron chi connectivity index (χ1n) is 11.4. The number of rotatable bonds is 7. The number of hydrogen-bond donors (Lipinski definition) is 4. The number of nitrogens with zero attached hydrogens (tertiary/aromatic N) is 5. The van der Waals surface area contributed by atoms with E-state index in [4.69, 9.17) is 16.9 Å². The van der Waals surface area contributed by atoms with Crippen molar-refractivity contribution in [2.45, 2.75) is 6.04 Å². The summed E-state index contributed by atoms with van der Waals surface area (Å²) in [6.45, 7) is 0.0743. The largest absolute Gasteiger partial charge is 0.373 e. The Morgan fingerprint density at radius 3 is 2.54 bits per heavy atom. The van der Waals surface area contributed by atoms with Gasteiger partial charge in [-0.05, 0) is 29.8 Å². The molecule has 0 saturated heterocycles. The number of benzene rings is 2. The summed E-state index contributed by atoms with van der Waals surface area (Å²) >= 11 is 6.58. The van der Waals surface area contributed by atoms with E-state index in [-0.39, 0.29) is 28.5 Å². The van der Waals surface area contributed by atoms with E-state index in [2.05, 4.69) is 31.6 Å². The number of hydrogen-bond acceptors (Lipinski definition) is 9. The van der Waals surface area contributed by atoms with Gasteiger partial charge in [0.15, 0.2) is 5.82 Å². The standard InChI is InChI=1S/C26H17ClF3N9/c27-20-8-17(35-24(14-1-3-16(28)4-2-14)22-13-39(6-5-31)38-37-22)7-19-23(15(10-32)11-33-25(19)20)36-18-9-21(29)26(30)34-12-18/h1-4,7-9,11-13,24,35,37-38H,6H2,(H,33,36)/t24-/m0/s1. The molecule has 2 aromatic carbocycles. The quantitative estimate of drug-likeness (QED) is 0.183. The number of nitrogens with one attached hydrogen (secondary N) is 4. The van der Waals surface area contributed by atoms with Crippen molar-refractivity contribution < 1.29 is 13.2 Å². The molecule has 0 saturated carbocycles. The molecule has 1 aliphatic rings. The van der Waals surface area contributed by atoms with Crippen molar-refractivity contribution in [2.24, 2.45) is 0 Å². The molecule has 9 nitrogen and oxygen atoms in total. The number of halogens is 4. The molecule has 4 N–H and O–H groups in total. The predicted octanol–water partition coefficient (Wildman–Crippen LogP) is 5.16. The third kappa shape index (κ3) is 5.33. The van der Waals surface area contributed by atoms with E-state index in [0.29, 0.717) is 27.9 Å². The second kappa shape index (κ2) is 10.8. The van der Waals surface area contributed by atoms with Crippen LogP contribution in [-0.4, -0.2) is 21.5 Å². The number of pyridine rings is 2. The smallest absolute Gasteiger partial charge is 0.249 e. The van der Waals surface area contributed by atoms with Crippen molar-refractivity contribution in [1.29, 1.82) is 10.5 Å². The van der Waals surface area contributed by atoms with E-state index in [1.165, 1.54) is 18.3 Å². The van der Waals surface area contributed by atoms with Crippen molar-refractivity contribution in [3.8, 4) is 12.1 Å². The van der Waals surface area contributed by atoms with Gasteiger partial charge in [0.05, 0.1) is 51.5 Å². The third-order valence-corrected chi connectivity index (χ3v) is 6.10. The van der Waals surface area contributed by atoms with Crippen LogP contribution in [0.4, 0.5) is 30.2 Å². The van der Waals surface area contributed by atoms with Crippen molar-refractivity contribution in [2.75, 3.05) is 17.2 Å². The van der Waals surface area contributed by atoms with Gasteiger partial charge >= 0.3 is 0 Å². The zero-order chi connectivity index (χ0) is 27.5. The molecule has 2 aromatic heterocycles. The van der Waals surface area contributed by atoms with Gasteiger partial charge in [-0.3, -0.25) is 9.99 Å². The van der Waals surface area contributed by atoms with Crippen LogP contribution in [0.3, 0.4) is 0 Å². The zero-order valence-corrected chi connectivity index (χ0v) is 20.6. The maximum Gasteiger partial charge on any atom is 0.249 e. The van der Waals surface area contributed by atoms with Crippen LogP contribution in [0.5, 0.6) is 0 Å². The summed E-state index contributed by atoms with van der Waals surface area (Å²) in [5.74, 6) is -2.81. The van der Waals surface area contributed by atoms with Gasteiger partial charge < -0.3 is 16.1 Å². The number of hydrazine groups is 2. The molecule has 0 aliphatic carbocycles. The second-order valence-electron chi connectivity index (χ2n) is 8.37. The fourth-order valence-corrected chi connectivity index (χ4v) is 4.30. The SMILES string of the molecule is N#CCN1C=C([C@@H](Nc2cc(Cl)c3ncc(C#N)c(Nc4cnc(F)c(F)c4)c3c2)c2ccc(F)cc2)NN1. The lowest BCUT2D eigenvalue weighted by atomic mass is 10.0. The molecule has 194 valence electrons. The van der Waals surface area contributed by atoms with Crippen molar-refractivity contribution >= 4 is 39.6 Å². The van der Waals surface area contributed by atoms with Gasteiger partial charge in [-0.1, -0.05) is 23.7 Å². The Labute approximate surface area is 225 Å². The minimum absolute atomic E-state index is 0.0743. The Morgan fingerprint density at radius 2 is 1.82 bits per heavy atom. The van der Waals surface area contributed by atoms with Gasteiger partial charge in [0.25, 0.3) is 0 Å². The van der Waals surface area contributed by atoms with Crippen LogP contribution in [-0.2, 0) is 0 Å². The Balaban J connectivity index is 1.59. The second-order valence-corrected chi connectivity index (χ2v) is 8.78. The zero-order valence-electron chi connectivity index (χ0n) is 19.8. The van der Waals surface area contributed by atoms with Crippen LogP contribution < -0.4 is 21.6 Å². The summed E-state index contributed by atoms with van der Waals surface area (Å²) in [6, 6.07) is 13.7. The Hall–Kier alpha value is -5.04. The Morgan fingerprint density at radius 1 is 1.03 bits per heavy atom. The molecular weight excluding hydrogens is 531 g/mol. The molecule has 0 amide bonds. The maximum atomic E-state index is 13.8. The fraction of sp³-hybridized carbons (Fsp3) is 0.0769. The molecular formula is C26H17ClF3N9. The third-order valence-electron chi connectivity index (χ3n) is 5.82.